The zero-order valence-corrected chi connectivity index (χ0v) is 9.44. The number of hydrogen-bond acceptors (Lipinski definition) is 4. The van der Waals surface area contributed by atoms with E-state index in [0.29, 0.717) is 12.4 Å². The maximum absolute atomic E-state index is 5.84. The zero-order chi connectivity index (χ0) is 11.5. The molecule has 0 aliphatic rings. The van der Waals surface area contributed by atoms with Crippen LogP contribution in [0, 0.1) is 6.92 Å². The van der Waals surface area contributed by atoms with Crippen molar-refractivity contribution in [3.05, 3.63) is 35.7 Å². The molecule has 0 aromatic carbocycles. The highest BCUT2D eigenvalue weighted by atomic mass is 15.3. The normalized spacial score (nSPS) is 10.4. The van der Waals surface area contributed by atoms with E-state index >= 15 is 0 Å². The first-order valence-electron chi connectivity index (χ1n) is 5.09. The fourth-order valence-electron chi connectivity index (χ4n) is 1.45. The van der Waals surface area contributed by atoms with Gasteiger partial charge in [-0.1, -0.05) is 0 Å². The van der Waals surface area contributed by atoms with Crippen LogP contribution in [0.5, 0.6) is 0 Å². The number of pyridine rings is 1. The molecule has 0 saturated carbocycles. The first-order chi connectivity index (χ1) is 7.66. The minimum Gasteiger partial charge on any atom is -0.384 e. The Balaban J connectivity index is 2.05. The average molecular weight is 217 g/mol. The van der Waals surface area contributed by atoms with E-state index in [9.17, 15) is 0 Å². The topological polar surface area (TPSA) is 68.8 Å². The van der Waals surface area contributed by atoms with Crippen molar-refractivity contribution in [1.29, 1.82) is 0 Å². The Morgan fingerprint density at radius 2 is 2.31 bits per heavy atom. The van der Waals surface area contributed by atoms with E-state index in [4.69, 9.17) is 5.73 Å². The van der Waals surface area contributed by atoms with Gasteiger partial charge in [0.2, 0.25) is 0 Å². The molecule has 2 heterocycles. The predicted octanol–water partition coefficient (Wildman–Crippen LogP) is 1.32. The number of anilines is 2. The van der Waals surface area contributed by atoms with Crippen LogP contribution in [0.4, 0.5) is 11.6 Å². The molecular weight excluding hydrogens is 202 g/mol. The monoisotopic (exact) mass is 217 g/mol. The summed E-state index contributed by atoms with van der Waals surface area (Å²) in [5.41, 5.74) is 7.99. The summed E-state index contributed by atoms with van der Waals surface area (Å²) in [6.45, 7) is 2.67. The molecule has 2 aromatic rings. The summed E-state index contributed by atoms with van der Waals surface area (Å²) in [5.74, 6) is 1.53. The number of aromatic nitrogens is 3. The van der Waals surface area contributed by atoms with Crippen molar-refractivity contribution in [3.63, 3.8) is 0 Å². The summed E-state index contributed by atoms with van der Waals surface area (Å²) in [4.78, 5) is 4.21. The largest absolute Gasteiger partial charge is 0.384 e. The van der Waals surface area contributed by atoms with Crippen LogP contribution in [0.25, 0.3) is 0 Å². The third-order valence-corrected chi connectivity index (χ3v) is 2.44. The smallest absolute Gasteiger partial charge is 0.126 e. The molecule has 0 aliphatic heterocycles. The lowest BCUT2D eigenvalue weighted by molar-refractivity contribution is 0.778. The van der Waals surface area contributed by atoms with Crippen molar-refractivity contribution in [2.24, 2.45) is 7.05 Å². The second kappa shape index (κ2) is 4.22. The van der Waals surface area contributed by atoms with E-state index in [1.807, 2.05) is 26.1 Å². The van der Waals surface area contributed by atoms with Crippen LogP contribution in [0.15, 0.2) is 24.5 Å². The van der Waals surface area contributed by atoms with Gasteiger partial charge in [0, 0.05) is 25.4 Å². The third-order valence-electron chi connectivity index (χ3n) is 2.44. The number of aryl methyl sites for hydroxylation is 2. The van der Waals surface area contributed by atoms with Gasteiger partial charge in [-0.25, -0.2) is 4.98 Å². The maximum atomic E-state index is 5.84. The lowest BCUT2D eigenvalue weighted by Crippen LogP contribution is -2.04. The molecule has 16 heavy (non-hydrogen) atoms. The predicted molar refractivity (Wildman–Crippen MR) is 63.9 cm³/mol. The Labute approximate surface area is 94.3 Å². The van der Waals surface area contributed by atoms with Gasteiger partial charge >= 0.3 is 0 Å². The SMILES string of the molecule is Cc1ccnc(NCc2cnn(C)c2N)c1. The number of nitrogens with zero attached hydrogens (tertiary/aromatic N) is 3. The molecule has 0 bridgehead atoms. The first kappa shape index (κ1) is 10.5. The van der Waals surface area contributed by atoms with Crippen molar-refractivity contribution in [2.75, 3.05) is 11.1 Å². The fraction of sp³-hybridized carbons (Fsp3) is 0.273. The van der Waals surface area contributed by atoms with Crippen molar-refractivity contribution < 1.29 is 0 Å². The molecule has 0 unspecified atom stereocenters. The maximum Gasteiger partial charge on any atom is 0.126 e. The molecule has 0 amide bonds. The Bertz CT molecular complexity index is 489. The molecule has 0 spiro atoms. The van der Waals surface area contributed by atoms with Crippen LogP contribution in [0.3, 0.4) is 0 Å². The molecule has 0 atom stereocenters. The lowest BCUT2D eigenvalue weighted by Gasteiger charge is -2.05. The molecule has 84 valence electrons. The highest BCUT2D eigenvalue weighted by molar-refractivity contribution is 5.43. The van der Waals surface area contributed by atoms with Crippen molar-refractivity contribution in [3.8, 4) is 0 Å². The molecule has 5 heteroatoms. The average Bonchev–Trinajstić information content (AvgIpc) is 2.57. The van der Waals surface area contributed by atoms with Crippen LogP contribution < -0.4 is 11.1 Å². The van der Waals surface area contributed by atoms with Gasteiger partial charge in [-0.3, -0.25) is 4.68 Å². The summed E-state index contributed by atoms with van der Waals surface area (Å²) in [6.07, 6.45) is 3.54. The molecule has 0 aliphatic carbocycles. The molecule has 5 nitrogen and oxygen atoms in total. The minimum atomic E-state index is 0.635. The number of nitrogens with one attached hydrogen (secondary N) is 1. The van der Waals surface area contributed by atoms with Crippen molar-refractivity contribution in [1.82, 2.24) is 14.8 Å². The Kier molecular flexibility index (Phi) is 2.76. The van der Waals surface area contributed by atoms with Crippen LogP contribution in [0.1, 0.15) is 11.1 Å². The zero-order valence-electron chi connectivity index (χ0n) is 9.44. The highest BCUT2D eigenvalue weighted by Crippen LogP contribution is 2.12. The second-order valence-electron chi connectivity index (χ2n) is 3.75. The van der Waals surface area contributed by atoms with Crippen LogP contribution in [-0.4, -0.2) is 14.8 Å². The molecule has 3 N–H and O–H groups in total. The number of nitrogens with two attached hydrogens (primary N) is 1. The van der Waals surface area contributed by atoms with Gasteiger partial charge in [-0.05, 0) is 24.6 Å². The van der Waals surface area contributed by atoms with Gasteiger partial charge in [0.25, 0.3) is 0 Å². The summed E-state index contributed by atoms with van der Waals surface area (Å²) in [5, 5.41) is 7.29. The standard InChI is InChI=1S/C11H15N5/c1-8-3-4-13-10(5-8)14-6-9-7-15-16(2)11(9)12/h3-5,7H,6,12H2,1-2H3,(H,13,14). The van der Waals surface area contributed by atoms with Gasteiger partial charge in [-0.2, -0.15) is 5.10 Å². The summed E-state index contributed by atoms with van der Waals surface area (Å²) < 4.78 is 1.65. The van der Waals surface area contributed by atoms with Crippen molar-refractivity contribution in [2.45, 2.75) is 13.5 Å². The quantitative estimate of drug-likeness (QED) is 0.813. The summed E-state index contributed by atoms with van der Waals surface area (Å²) >= 11 is 0. The fourth-order valence-corrected chi connectivity index (χ4v) is 1.45. The van der Waals surface area contributed by atoms with Gasteiger partial charge in [0.15, 0.2) is 0 Å². The van der Waals surface area contributed by atoms with Crippen LogP contribution in [-0.2, 0) is 13.6 Å². The van der Waals surface area contributed by atoms with Gasteiger partial charge in [-0.15, -0.1) is 0 Å². The highest BCUT2D eigenvalue weighted by Gasteiger charge is 2.04. The van der Waals surface area contributed by atoms with Crippen LogP contribution >= 0.6 is 0 Å². The minimum absolute atomic E-state index is 0.635. The Morgan fingerprint density at radius 1 is 1.50 bits per heavy atom. The van der Waals surface area contributed by atoms with E-state index in [1.54, 1.807) is 17.1 Å². The summed E-state index contributed by atoms with van der Waals surface area (Å²) in [7, 11) is 1.82. The van der Waals surface area contributed by atoms with E-state index in [0.717, 1.165) is 11.4 Å². The van der Waals surface area contributed by atoms with Crippen molar-refractivity contribution >= 4 is 11.6 Å². The van der Waals surface area contributed by atoms with E-state index < -0.39 is 0 Å². The van der Waals surface area contributed by atoms with E-state index in [-0.39, 0.29) is 0 Å². The van der Waals surface area contributed by atoms with Crippen LogP contribution in [0.2, 0.25) is 0 Å². The molecule has 2 aromatic heterocycles. The molecular formula is C11H15N5. The second-order valence-corrected chi connectivity index (χ2v) is 3.75. The molecule has 0 radical (unpaired) electrons. The first-order valence-corrected chi connectivity index (χ1v) is 5.09. The lowest BCUT2D eigenvalue weighted by atomic mass is 10.3. The van der Waals surface area contributed by atoms with Gasteiger partial charge in [0.05, 0.1) is 6.20 Å². The Morgan fingerprint density at radius 3 is 2.94 bits per heavy atom. The third kappa shape index (κ3) is 2.13. The number of hydrogen-bond donors (Lipinski definition) is 2. The molecule has 2 rings (SSSR count). The van der Waals surface area contributed by atoms with Gasteiger partial charge in [0.1, 0.15) is 11.6 Å². The van der Waals surface area contributed by atoms with E-state index in [2.05, 4.69) is 15.4 Å². The molecule has 0 fully saturated rings. The summed E-state index contributed by atoms with van der Waals surface area (Å²) in [6, 6.07) is 3.95. The van der Waals surface area contributed by atoms with Gasteiger partial charge < -0.3 is 11.1 Å². The Hall–Kier alpha value is -2.04. The van der Waals surface area contributed by atoms with E-state index in [1.165, 1.54) is 5.56 Å². The number of rotatable bonds is 3. The molecule has 0 saturated heterocycles. The number of nitrogen functional groups attached to an aromatic ring is 1.